The molecule has 0 aromatic carbocycles. The van der Waals surface area contributed by atoms with Crippen LogP contribution in [0.2, 0.25) is 0 Å². The number of likely N-dealkylation sites (N-methyl/N-ethyl adjacent to an activating group) is 1. The number of allylic oxidation sites excluding steroid dienone is 1. The maximum Gasteiger partial charge on any atom is 0.217 e. The highest BCUT2D eigenvalue weighted by Gasteiger charge is 2.36. The van der Waals surface area contributed by atoms with Gasteiger partial charge in [0.25, 0.3) is 0 Å². The number of rotatable bonds is 17. The molecule has 1 heterocycles. The maximum atomic E-state index is 11.1. The van der Waals surface area contributed by atoms with Crippen molar-refractivity contribution in [3.63, 3.8) is 0 Å². The number of amides is 1. The Morgan fingerprint density at radius 2 is 1.67 bits per heavy atom. The molecule has 1 aliphatic rings. The van der Waals surface area contributed by atoms with Crippen molar-refractivity contribution >= 4 is 5.91 Å². The van der Waals surface area contributed by atoms with E-state index < -0.39 is 0 Å². The van der Waals surface area contributed by atoms with Gasteiger partial charge in [-0.15, -0.1) is 6.58 Å². The summed E-state index contributed by atoms with van der Waals surface area (Å²) in [6, 6.07) is 0. The lowest BCUT2D eigenvalue weighted by Gasteiger charge is -2.37. The zero-order valence-corrected chi connectivity index (χ0v) is 18.0. The van der Waals surface area contributed by atoms with Crippen LogP contribution in [0.1, 0.15) is 90.9 Å². The van der Waals surface area contributed by atoms with E-state index in [0.717, 1.165) is 24.1 Å². The molecular weight excluding hydrogens is 334 g/mol. The molecule has 0 saturated heterocycles. The number of carbonyl (C=O) groups excluding carboxylic acids is 1. The number of quaternary nitrogens is 1. The Hall–Kier alpha value is -1.29. The van der Waals surface area contributed by atoms with Crippen LogP contribution in [0.15, 0.2) is 25.1 Å². The molecule has 2 unspecified atom stereocenters. The van der Waals surface area contributed by atoms with Crippen molar-refractivity contribution in [1.82, 2.24) is 10.6 Å². The average molecular weight is 379 g/mol. The van der Waals surface area contributed by atoms with Crippen molar-refractivity contribution in [2.75, 3.05) is 19.6 Å². The molecule has 0 radical (unpaired) electrons. The zero-order valence-electron chi connectivity index (χ0n) is 18.0. The van der Waals surface area contributed by atoms with E-state index in [9.17, 15) is 4.79 Å². The summed E-state index contributed by atoms with van der Waals surface area (Å²) in [5.41, 5.74) is 0. The number of unbranched alkanes of at least 4 members (excludes halogenated alkanes) is 10. The summed E-state index contributed by atoms with van der Waals surface area (Å²) < 4.78 is 0.951. The second-order valence-corrected chi connectivity index (χ2v) is 8.03. The van der Waals surface area contributed by atoms with Gasteiger partial charge in [0, 0.05) is 13.3 Å². The lowest BCUT2D eigenvalue weighted by atomic mass is 10.0. The number of nitrogens with one attached hydrogen (secondary N) is 2. The predicted molar refractivity (Wildman–Crippen MR) is 116 cm³/mol. The first-order valence-electron chi connectivity index (χ1n) is 11.3. The van der Waals surface area contributed by atoms with E-state index in [4.69, 9.17) is 0 Å². The summed E-state index contributed by atoms with van der Waals surface area (Å²) >= 11 is 0. The van der Waals surface area contributed by atoms with Gasteiger partial charge in [-0.05, 0) is 26.2 Å². The largest absolute Gasteiger partial charge is 0.351 e. The second-order valence-electron chi connectivity index (χ2n) is 8.03. The second kappa shape index (κ2) is 14.7. The van der Waals surface area contributed by atoms with E-state index in [0.29, 0.717) is 6.17 Å². The van der Waals surface area contributed by atoms with Crippen LogP contribution in [-0.4, -0.2) is 36.2 Å². The Morgan fingerprint density at radius 1 is 1.07 bits per heavy atom. The van der Waals surface area contributed by atoms with Gasteiger partial charge in [-0.25, -0.2) is 0 Å². The molecule has 4 nitrogen and oxygen atoms in total. The van der Waals surface area contributed by atoms with E-state index >= 15 is 0 Å². The Balaban J connectivity index is 2.06. The Morgan fingerprint density at radius 3 is 2.22 bits per heavy atom. The SMILES string of the molecule is C=CCCCCCCCCCCCCC1NC=C[N+]1(CC)CCNC(C)=O. The minimum absolute atomic E-state index is 0.0636. The van der Waals surface area contributed by atoms with Gasteiger partial charge in [-0.2, -0.15) is 0 Å². The number of hydrogen-bond donors (Lipinski definition) is 2. The fourth-order valence-electron chi connectivity index (χ4n) is 4.09. The summed E-state index contributed by atoms with van der Waals surface area (Å²) in [5.74, 6) is 0.0636. The summed E-state index contributed by atoms with van der Waals surface area (Å²) in [6.07, 6.45) is 23.0. The molecule has 156 valence electrons. The fourth-order valence-corrected chi connectivity index (χ4v) is 4.09. The minimum Gasteiger partial charge on any atom is -0.351 e. The zero-order chi connectivity index (χ0) is 19.8. The van der Waals surface area contributed by atoms with E-state index in [1.165, 1.54) is 77.0 Å². The molecule has 0 fully saturated rings. The third-order valence-corrected chi connectivity index (χ3v) is 5.91. The van der Waals surface area contributed by atoms with E-state index in [-0.39, 0.29) is 5.91 Å². The van der Waals surface area contributed by atoms with Crippen molar-refractivity contribution in [2.24, 2.45) is 0 Å². The Bertz CT molecular complexity index is 435. The lowest BCUT2D eigenvalue weighted by Crippen LogP contribution is -2.55. The fraction of sp³-hybridized carbons (Fsp3) is 0.783. The van der Waals surface area contributed by atoms with Crippen molar-refractivity contribution in [3.05, 3.63) is 25.1 Å². The van der Waals surface area contributed by atoms with Gasteiger partial charge in [-0.1, -0.05) is 57.4 Å². The van der Waals surface area contributed by atoms with Crippen molar-refractivity contribution in [1.29, 1.82) is 0 Å². The van der Waals surface area contributed by atoms with Gasteiger partial charge >= 0.3 is 0 Å². The van der Waals surface area contributed by atoms with Crippen LogP contribution < -0.4 is 10.6 Å². The quantitative estimate of drug-likeness (QED) is 0.207. The standard InChI is InChI=1S/C23H43N3O/c1-4-6-7-8-9-10-11-12-13-14-15-16-17-23-25-19-21-26(23,5-2)20-18-24-22(3)27/h4,19,21,23,25H,1,5-18,20H2,2-3H3/p+1. The van der Waals surface area contributed by atoms with Crippen LogP contribution >= 0.6 is 0 Å². The summed E-state index contributed by atoms with van der Waals surface area (Å²) in [4.78, 5) is 11.1. The molecule has 1 amide bonds. The first-order chi connectivity index (χ1) is 13.1. The van der Waals surface area contributed by atoms with E-state index in [1.54, 1.807) is 6.92 Å². The minimum atomic E-state index is 0.0636. The first kappa shape index (κ1) is 23.7. The van der Waals surface area contributed by atoms with Crippen LogP contribution in [0.4, 0.5) is 0 Å². The third-order valence-electron chi connectivity index (χ3n) is 5.91. The van der Waals surface area contributed by atoms with Gasteiger partial charge in [0.2, 0.25) is 5.91 Å². The van der Waals surface area contributed by atoms with Gasteiger partial charge < -0.3 is 10.6 Å². The van der Waals surface area contributed by atoms with Crippen LogP contribution in [0.25, 0.3) is 0 Å². The van der Waals surface area contributed by atoms with Gasteiger partial charge in [0.15, 0.2) is 6.17 Å². The first-order valence-corrected chi connectivity index (χ1v) is 11.3. The molecule has 27 heavy (non-hydrogen) atoms. The smallest absolute Gasteiger partial charge is 0.217 e. The molecular formula is C23H44N3O+. The van der Waals surface area contributed by atoms with E-state index in [2.05, 4.69) is 36.5 Å². The molecule has 0 saturated carbocycles. The van der Waals surface area contributed by atoms with Crippen molar-refractivity contribution in [2.45, 2.75) is 97.1 Å². The summed E-state index contributed by atoms with van der Waals surface area (Å²) in [5, 5.41) is 6.50. The van der Waals surface area contributed by atoms with Crippen LogP contribution in [0, 0.1) is 0 Å². The summed E-state index contributed by atoms with van der Waals surface area (Å²) in [6.45, 7) is 10.4. The molecule has 0 aliphatic carbocycles. The monoisotopic (exact) mass is 378 g/mol. The number of nitrogens with zero attached hydrogens (tertiary/aromatic N) is 1. The van der Waals surface area contributed by atoms with Crippen LogP contribution in [0.5, 0.6) is 0 Å². The lowest BCUT2D eigenvalue weighted by molar-refractivity contribution is -0.898. The predicted octanol–water partition coefficient (Wildman–Crippen LogP) is 5.23. The molecule has 0 aromatic heterocycles. The Labute approximate surface area is 168 Å². The highest BCUT2D eigenvalue weighted by molar-refractivity contribution is 5.72. The average Bonchev–Trinajstić information content (AvgIpc) is 3.05. The topological polar surface area (TPSA) is 41.1 Å². The van der Waals surface area contributed by atoms with Gasteiger partial charge in [0.05, 0.1) is 19.3 Å². The molecule has 0 bridgehead atoms. The third kappa shape index (κ3) is 9.99. The van der Waals surface area contributed by atoms with Crippen molar-refractivity contribution in [3.8, 4) is 0 Å². The number of hydrogen-bond acceptors (Lipinski definition) is 2. The highest BCUT2D eigenvalue weighted by Crippen LogP contribution is 2.23. The molecule has 2 atom stereocenters. The van der Waals surface area contributed by atoms with E-state index in [1.807, 2.05) is 6.08 Å². The molecule has 1 rings (SSSR count). The molecule has 0 spiro atoms. The molecule has 2 N–H and O–H groups in total. The molecule has 1 aliphatic heterocycles. The van der Waals surface area contributed by atoms with Gasteiger partial charge in [0.1, 0.15) is 12.7 Å². The normalized spacial score (nSPS) is 21.2. The highest BCUT2D eigenvalue weighted by atomic mass is 16.1. The van der Waals surface area contributed by atoms with Crippen LogP contribution in [-0.2, 0) is 4.79 Å². The molecule has 4 heteroatoms. The Kier molecular flexibility index (Phi) is 13.0. The molecule has 0 aromatic rings. The summed E-state index contributed by atoms with van der Waals surface area (Å²) in [7, 11) is 0. The van der Waals surface area contributed by atoms with Gasteiger partial charge in [-0.3, -0.25) is 9.28 Å². The maximum absolute atomic E-state index is 11.1. The van der Waals surface area contributed by atoms with Crippen LogP contribution in [0.3, 0.4) is 0 Å². The number of carbonyl (C=O) groups is 1. The van der Waals surface area contributed by atoms with Crippen molar-refractivity contribution < 1.29 is 9.28 Å².